The van der Waals surface area contributed by atoms with Crippen LogP contribution in [0.4, 0.5) is 0 Å². The summed E-state index contributed by atoms with van der Waals surface area (Å²) in [5.74, 6) is 1.79. The number of likely N-dealkylation sites (tertiary alicyclic amines) is 1. The van der Waals surface area contributed by atoms with Crippen LogP contribution in [-0.2, 0) is 6.42 Å². The van der Waals surface area contributed by atoms with Crippen LogP contribution < -0.4 is 10.1 Å². The number of hydrogen-bond donors (Lipinski definition) is 1. The predicted octanol–water partition coefficient (Wildman–Crippen LogP) is 2.56. The summed E-state index contributed by atoms with van der Waals surface area (Å²) in [4.78, 5) is 2.62. The molecule has 20 heavy (non-hydrogen) atoms. The van der Waals surface area contributed by atoms with Crippen LogP contribution in [0.25, 0.3) is 0 Å². The van der Waals surface area contributed by atoms with Gasteiger partial charge in [0.05, 0.1) is 7.11 Å². The summed E-state index contributed by atoms with van der Waals surface area (Å²) in [6, 6.07) is 8.44. The Bertz CT molecular complexity index is 394. The van der Waals surface area contributed by atoms with Gasteiger partial charge in [0.1, 0.15) is 5.75 Å². The molecule has 1 N–H and O–H groups in total. The Hall–Kier alpha value is -1.06. The van der Waals surface area contributed by atoms with Gasteiger partial charge in [-0.2, -0.15) is 0 Å². The van der Waals surface area contributed by atoms with Crippen LogP contribution in [0.3, 0.4) is 0 Å². The molecule has 1 aromatic carbocycles. The first-order valence-electron chi connectivity index (χ1n) is 7.87. The third-order valence-corrected chi connectivity index (χ3v) is 4.14. The highest BCUT2D eigenvalue weighted by Gasteiger charge is 2.18. The Morgan fingerprint density at radius 2 is 2.30 bits per heavy atom. The first-order valence-corrected chi connectivity index (χ1v) is 7.87. The molecule has 0 saturated carbocycles. The Kier molecular flexibility index (Phi) is 6.34. The van der Waals surface area contributed by atoms with Crippen LogP contribution in [0.5, 0.6) is 5.75 Å². The fourth-order valence-electron chi connectivity index (χ4n) is 2.98. The van der Waals surface area contributed by atoms with Crippen molar-refractivity contribution in [2.24, 2.45) is 5.92 Å². The van der Waals surface area contributed by atoms with Crippen LogP contribution in [0.2, 0.25) is 0 Å². The van der Waals surface area contributed by atoms with Crippen molar-refractivity contribution < 1.29 is 4.74 Å². The van der Waals surface area contributed by atoms with E-state index in [0.717, 1.165) is 31.2 Å². The minimum absolute atomic E-state index is 0.828. The smallest absolute Gasteiger partial charge is 0.119 e. The van der Waals surface area contributed by atoms with Crippen molar-refractivity contribution in [1.29, 1.82) is 0 Å². The van der Waals surface area contributed by atoms with Gasteiger partial charge in [-0.1, -0.05) is 19.1 Å². The van der Waals surface area contributed by atoms with Gasteiger partial charge in [-0.3, -0.25) is 0 Å². The minimum atomic E-state index is 0.828. The van der Waals surface area contributed by atoms with Gasteiger partial charge in [0.25, 0.3) is 0 Å². The quantitative estimate of drug-likeness (QED) is 0.828. The van der Waals surface area contributed by atoms with E-state index in [1.54, 1.807) is 7.11 Å². The maximum absolute atomic E-state index is 5.29. The topological polar surface area (TPSA) is 24.5 Å². The Balaban J connectivity index is 1.77. The fourth-order valence-corrected chi connectivity index (χ4v) is 2.98. The molecule has 1 aliphatic rings. The van der Waals surface area contributed by atoms with Gasteiger partial charge in [0.2, 0.25) is 0 Å². The van der Waals surface area contributed by atoms with Crippen molar-refractivity contribution in [2.75, 3.05) is 39.8 Å². The van der Waals surface area contributed by atoms with Crippen molar-refractivity contribution in [3.8, 4) is 5.75 Å². The highest BCUT2D eigenvalue weighted by atomic mass is 16.5. The molecule has 0 aromatic heterocycles. The Morgan fingerprint density at radius 1 is 1.40 bits per heavy atom. The van der Waals surface area contributed by atoms with Gasteiger partial charge in [-0.25, -0.2) is 0 Å². The van der Waals surface area contributed by atoms with Crippen LogP contribution in [0.15, 0.2) is 24.3 Å². The number of nitrogens with zero attached hydrogens (tertiary/aromatic N) is 1. The van der Waals surface area contributed by atoms with Gasteiger partial charge < -0.3 is 15.0 Å². The molecule has 1 atom stereocenters. The first-order chi connectivity index (χ1) is 9.81. The third kappa shape index (κ3) is 4.80. The molecule has 1 unspecified atom stereocenters. The van der Waals surface area contributed by atoms with Crippen molar-refractivity contribution in [3.05, 3.63) is 29.8 Å². The van der Waals surface area contributed by atoms with Crippen LogP contribution >= 0.6 is 0 Å². The van der Waals surface area contributed by atoms with E-state index in [2.05, 4.69) is 35.3 Å². The van der Waals surface area contributed by atoms with Gasteiger partial charge >= 0.3 is 0 Å². The van der Waals surface area contributed by atoms with Crippen molar-refractivity contribution in [2.45, 2.75) is 26.2 Å². The van der Waals surface area contributed by atoms with E-state index in [1.807, 2.05) is 6.07 Å². The normalized spacial score (nSPS) is 20.0. The van der Waals surface area contributed by atoms with E-state index in [-0.39, 0.29) is 0 Å². The van der Waals surface area contributed by atoms with Gasteiger partial charge in [-0.05, 0) is 62.5 Å². The predicted molar refractivity (Wildman–Crippen MR) is 84.4 cm³/mol. The lowest BCUT2D eigenvalue weighted by molar-refractivity contribution is 0.174. The average molecular weight is 276 g/mol. The molecule has 0 aliphatic carbocycles. The van der Waals surface area contributed by atoms with E-state index in [1.165, 1.54) is 38.0 Å². The minimum Gasteiger partial charge on any atom is -0.497 e. The zero-order valence-electron chi connectivity index (χ0n) is 12.9. The van der Waals surface area contributed by atoms with E-state index < -0.39 is 0 Å². The molecular weight excluding hydrogens is 248 g/mol. The maximum atomic E-state index is 5.29. The summed E-state index contributed by atoms with van der Waals surface area (Å²) in [5, 5.41) is 3.48. The largest absolute Gasteiger partial charge is 0.497 e. The second kappa shape index (κ2) is 8.28. The molecule has 0 radical (unpaired) electrons. The molecule has 1 fully saturated rings. The lowest BCUT2D eigenvalue weighted by Crippen LogP contribution is -2.40. The zero-order chi connectivity index (χ0) is 14.2. The molecule has 1 aromatic rings. The van der Waals surface area contributed by atoms with Crippen molar-refractivity contribution in [3.63, 3.8) is 0 Å². The van der Waals surface area contributed by atoms with Crippen LogP contribution in [0, 0.1) is 5.92 Å². The van der Waals surface area contributed by atoms with E-state index in [9.17, 15) is 0 Å². The van der Waals surface area contributed by atoms with E-state index in [0.29, 0.717) is 0 Å². The molecule has 112 valence electrons. The van der Waals surface area contributed by atoms with Crippen LogP contribution in [-0.4, -0.2) is 44.7 Å². The third-order valence-electron chi connectivity index (χ3n) is 4.14. The standard InChI is InChI=1S/C17H28N2O/c1-3-18-13-16-7-5-10-19(14-16)11-9-15-6-4-8-17(12-15)20-2/h4,6,8,12,16,18H,3,5,7,9-11,13-14H2,1-2H3. The van der Waals surface area contributed by atoms with Crippen LogP contribution in [0.1, 0.15) is 25.3 Å². The van der Waals surface area contributed by atoms with Gasteiger partial charge in [0.15, 0.2) is 0 Å². The summed E-state index contributed by atoms with van der Waals surface area (Å²) in [6.07, 6.45) is 3.84. The summed E-state index contributed by atoms with van der Waals surface area (Å²) < 4.78 is 5.29. The van der Waals surface area contributed by atoms with Crippen molar-refractivity contribution >= 4 is 0 Å². The summed E-state index contributed by atoms with van der Waals surface area (Å²) in [7, 11) is 1.73. The number of nitrogens with one attached hydrogen (secondary N) is 1. The Morgan fingerprint density at radius 3 is 3.10 bits per heavy atom. The number of piperidine rings is 1. The zero-order valence-corrected chi connectivity index (χ0v) is 12.9. The molecule has 1 heterocycles. The molecule has 3 heteroatoms. The average Bonchev–Trinajstić information content (AvgIpc) is 2.51. The lowest BCUT2D eigenvalue weighted by atomic mass is 9.97. The second-order valence-corrected chi connectivity index (χ2v) is 5.72. The monoisotopic (exact) mass is 276 g/mol. The summed E-state index contributed by atoms with van der Waals surface area (Å²) in [5.41, 5.74) is 1.37. The number of ether oxygens (including phenoxy) is 1. The Labute approximate surface area is 123 Å². The van der Waals surface area contributed by atoms with Crippen molar-refractivity contribution in [1.82, 2.24) is 10.2 Å². The summed E-state index contributed by atoms with van der Waals surface area (Å²) >= 11 is 0. The van der Waals surface area contributed by atoms with E-state index in [4.69, 9.17) is 4.74 Å². The molecule has 0 spiro atoms. The maximum Gasteiger partial charge on any atom is 0.119 e. The highest BCUT2D eigenvalue weighted by Crippen LogP contribution is 2.17. The molecule has 1 aliphatic heterocycles. The SMILES string of the molecule is CCNCC1CCCN(CCc2cccc(OC)c2)C1. The lowest BCUT2D eigenvalue weighted by Gasteiger charge is -2.32. The fraction of sp³-hybridized carbons (Fsp3) is 0.647. The molecule has 0 bridgehead atoms. The number of hydrogen-bond acceptors (Lipinski definition) is 3. The molecule has 1 saturated heterocycles. The molecular formula is C17H28N2O. The summed E-state index contributed by atoms with van der Waals surface area (Å²) in [6.45, 7) is 8.11. The van der Waals surface area contributed by atoms with Gasteiger partial charge in [0, 0.05) is 13.1 Å². The molecule has 0 amide bonds. The van der Waals surface area contributed by atoms with Gasteiger partial charge in [-0.15, -0.1) is 0 Å². The van der Waals surface area contributed by atoms with E-state index >= 15 is 0 Å². The number of rotatable bonds is 7. The number of benzene rings is 1. The molecule has 3 nitrogen and oxygen atoms in total. The first kappa shape index (κ1) is 15.3. The second-order valence-electron chi connectivity index (χ2n) is 5.72. The molecule has 2 rings (SSSR count). The highest BCUT2D eigenvalue weighted by molar-refractivity contribution is 5.28. The number of methoxy groups -OCH3 is 1.